The molecule has 80 valence electrons. The Bertz CT molecular complexity index is 328. The van der Waals surface area contributed by atoms with Crippen LogP contribution in [-0.2, 0) is 6.54 Å². The number of aliphatic hydroxyl groups excluding tert-OH is 1. The minimum absolute atomic E-state index is 0.0830. The average Bonchev–Trinajstić information content (AvgIpc) is 2.56. The van der Waals surface area contributed by atoms with Gasteiger partial charge in [0, 0.05) is 6.54 Å². The van der Waals surface area contributed by atoms with Crippen molar-refractivity contribution in [3.8, 4) is 0 Å². The smallest absolute Gasteiger partial charge is 0.170 e. The van der Waals surface area contributed by atoms with Gasteiger partial charge in [0.1, 0.15) is 5.03 Å². The first kappa shape index (κ1) is 12.2. The van der Waals surface area contributed by atoms with Gasteiger partial charge in [-0.3, -0.25) is 0 Å². The molecule has 0 amide bonds. The molecule has 0 aromatic carbocycles. The molecule has 11 nitrogen and oxygen atoms in total. The molecule has 0 bridgehead atoms. The van der Waals surface area contributed by atoms with E-state index in [-0.39, 0.29) is 18.8 Å². The molecule has 0 saturated heterocycles. The molecule has 5 N–H and O–H groups in total. The zero-order valence-corrected chi connectivity index (χ0v) is 7.02. The zero-order valence-electron chi connectivity index (χ0n) is 7.02. The van der Waals surface area contributed by atoms with Gasteiger partial charge in [0.05, 0.1) is 6.61 Å². The molecule has 1 aromatic rings. The van der Waals surface area contributed by atoms with Crippen molar-refractivity contribution >= 4 is 0 Å². The molecule has 0 fully saturated rings. The van der Waals surface area contributed by atoms with Crippen molar-refractivity contribution in [3.05, 3.63) is 15.7 Å². The number of rotatable bonds is 3. The van der Waals surface area contributed by atoms with Gasteiger partial charge in [0.15, 0.2) is 5.62 Å². The summed E-state index contributed by atoms with van der Waals surface area (Å²) < 4.78 is 1.03. The number of quaternary nitrogens is 1. The zero-order chi connectivity index (χ0) is 11.0. The van der Waals surface area contributed by atoms with E-state index in [2.05, 4.69) is 26.5 Å². The Morgan fingerprint density at radius 1 is 1.71 bits per heavy atom. The highest BCUT2D eigenvalue weighted by molar-refractivity contribution is 4.46. The summed E-state index contributed by atoms with van der Waals surface area (Å²) in [5, 5.41) is 36.8. The lowest BCUT2D eigenvalue weighted by Crippen LogP contribution is -2.42. The third-order valence-corrected chi connectivity index (χ3v) is 0.996. The molecule has 0 aliphatic rings. The molecule has 11 heteroatoms. The first-order valence-corrected chi connectivity index (χ1v) is 3.28. The molecule has 0 unspecified atom stereocenters. The fraction of sp³-hybridized carbons (Fsp3) is 0.667. The number of nitrogens with zero attached hydrogens (tertiary/aromatic N) is 6. The highest BCUT2D eigenvalue weighted by Crippen LogP contribution is 1.69. The standard InChI is InChI=1S/C3H5N6O3.H4NO/c10-2-1-8-3(4-6-7-8)5-9(11)12;1-2/h10H,1-2H2;2H,1H3/q-1;+1. The van der Waals surface area contributed by atoms with Crippen LogP contribution in [0.3, 0.4) is 0 Å². The first-order chi connectivity index (χ1) is 6.74. The largest absolute Gasteiger partial charge is 0.396 e. The molecule has 0 atom stereocenters. The highest BCUT2D eigenvalue weighted by atomic mass is 16.7. The summed E-state index contributed by atoms with van der Waals surface area (Å²) in [5.74, 6) is 2.25. The van der Waals surface area contributed by atoms with Crippen LogP contribution in [0.15, 0.2) is 5.10 Å². The van der Waals surface area contributed by atoms with Gasteiger partial charge in [-0.05, 0) is 5.10 Å². The van der Waals surface area contributed by atoms with Crippen molar-refractivity contribution in [1.29, 1.82) is 0 Å². The summed E-state index contributed by atoms with van der Waals surface area (Å²) in [4.78, 5) is 9.89. The van der Waals surface area contributed by atoms with E-state index in [4.69, 9.17) is 10.3 Å². The van der Waals surface area contributed by atoms with Crippen molar-refractivity contribution in [2.45, 2.75) is 6.54 Å². The highest BCUT2D eigenvalue weighted by Gasteiger charge is 1.90. The Morgan fingerprint density at radius 3 is 2.86 bits per heavy atom. The average molecular weight is 207 g/mol. The van der Waals surface area contributed by atoms with Crippen LogP contribution in [0.25, 0.3) is 0 Å². The SMILES string of the molecule is O=[N+]([O-])N=c1[n-]nnn1CCO.[NH3+]O. The number of hydrogen-bond donors (Lipinski definition) is 3. The van der Waals surface area contributed by atoms with Crippen molar-refractivity contribution in [2.24, 2.45) is 5.10 Å². The molecule has 0 spiro atoms. The van der Waals surface area contributed by atoms with Crippen LogP contribution in [0.1, 0.15) is 0 Å². The van der Waals surface area contributed by atoms with E-state index in [1.165, 1.54) is 0 Å². The van der Waals surface area contributed by atoms with Gasteiger partial charge in [0.2, 0.25) is 0 Å². The van der Waals surface area contributed by atoms with Gasteiger partial charge in [0.25, 0.3) is 0 Å². The van der Waals surface area contributed by atoms with Gasteiger partial charge in [-0.15, -0.1) is 5.21 Å². The second-order valence-electron chi connectivity index (χ2n) is 1.76. The molecule has 1 heterocycles. The molecule has 14 heavy (non-hydrogen) atoms. The number of hydrogen-bond acceptors (Lipinski definition) is 6. The molecule has 1 aromatic heterocycles. The van der Waals surface area contributed by atoms with Gasteiger partial charge in [-0.1, -0.05) is 0 Å². The fourth-order valence-electron chi connectivity index (χ4n) is 0.584. The van der Waals surface area contributed by atoms with Crippen LogP contribution in [0.5, 0.6) is 0 Å². The van der Waals surface area contributed by atoms with E-state index in [9.17, 15) is 10.1 Å². The lowest BCUT2D eigenvalue weighted by atomic mass is 10.7. The molecule has 0 radical (unpaired) electrons. The molecule has 1 rings (SSSR count). The van der Waals surface area contributed by atoms with Gasteiger partial charge in [-0.2, -0.15) is 0 Å². The van der Waals surface area contributed by atoms with E-state index >= 15 is 0 Å². The van der Waals surface area contributed by atoms with Crippen LogP contribution >= 0.6 is 0 Å². The quantitative estimate of drug-likeness (QED) is 0.334. The van der Waals surface area contributed by atoms with Crippen LogP contribution in [0.2, 0.25) is 0 Å². The number of tetrazole rings is 1. The number of aromatic nitrogens is 4. The first-order valence-electron chi connectivity index (χ1n) is 3.28. The van der Waals surface area contributed by atoms with Crippen molar-refractivity contribution < 1.29 is 21.2 Å². The van der Waals surface area contributed by atoms with Crippen LogP contribution in [0, 0.1) is 10.1 Å². The summed E-state index contributed by atoms with van der Waals surface area (Å²) in [6, 6.07) is 0. The lowest BCUT2D eigenvalue weighted by molar-refractivity contribution is -0.670. The van der Waals surface area contributed by atoms with E-state index in [1.807, 2.05) is 0 Å². The second-order valence-corrected chi connectivity index (χ2v) is 1.76. The van der Waals surface area contributed by atoms with E-state index in [0.29, 0.717) is 0 Å². The third-order valence-electron chi connectivity index (χ3n) is 0.996. The summed E-state index contributed by atoms with van der Waals surface area (Å²) in [6.45, 7) is -0.120. The molecule has 0 saturated carbocycles. The molecule has 0 aliphatic heterocycles. The second kappa shape index (κ2) is 6.64. The maximum absolute atomic E-state index is 9.89. The molecule has 0 aliphatic carbocycles. The van der Waals surface area contributed by atoms with Gasteiger partial charge in [-0.25, -0.2) is 31.5 Å². The van der Waals surface area contributed by atoms with Crippen LogP contribution < -0.4 is 16.6 Å². The van der Waals surface area contributed by atoms with Crippen molar-refractivity contribution in [2.75, 3.05) is 6.61 Å². The third kappa shape index (κ3) is 3.70. The minimum atomic E-state index is -0.903. The van der Waals surface area contributed by atoms with Gasteiger partial charge >= 0.3 is 0 Å². The van der Waals surface area contributed by atoms with Crippen LogP contribution in [-0.4, -0.2) is 37.1 Å². The Labute approximate surface area is 76.6 Å². The summed E-state index contributed by atoms with van der Waals surface area (Å²) in [6.07, 6.45) is 0. The Kier molecular flexibility index (Phi) is 5.77. The number of nitro groups is 1. The Balaban J connectivity index is 0.000000791. The van der Waals surface area contributed by atoms with Crippen molar-refractivity contribution in [3.63, 3.8) is 0 Å². The molecular formula is C3H9N7O4. The summed E-state index contributed by atoms with van der Waals surface area (Å²) in [5.41, 5.74) is -0.228. The van der Waals surface area contributed by atoms with Crippen molar-refractivity contribution in [1.82, 2.24) is 20.2 Å². The van der Waals surface area contributed by atoms with E-state index < -0.39 is 5.03 Å². The molecular weight excluding hydrogens is 198 g/mol. The summed E-state index contributed by atoms with van der Waals surface area (Å²) >= 11 is 0. The topological polar surface area (TPSA) is 168 Å². The fourth-order valence-corrected chi connectivity index (χ4v) is 0.584. The number of aliphatic hydroxyl groups is 1. The predicted octanol–water partition coefficient (Wildman–Crippen LogP) is -4.06. The monoisotopic (exact) mass is 207 g/mol. The Morgan fingerprint density at radius 2 is 2.36 bits per heavy atom. The Hall–Kier alpha value is -1.85. The van der Waals surface area contributed by atoms with E-state index in [0.717, 1.165) is 4.68 Å². The lowest BCUT2D eigenvalue weighted by Gasteiger charge is -1.98. The maximum Gasteiger partial charge on any atom is 0.170 e. The van der Waals surface area contributed by atoms with Gasteiger partial charge < -0.3 is 9.79 Å². The summed E-state index contributed by atoms with van der Waals surface area (Å²) in [7, 11) is 0. The normalized spacial score (nSPS) is 10.6. The predicted molar refractivity (Wildman–Crippen MR) is 37.7 cm³/mol. The maximum atomic E-state index is 9.89. The van der Waals surface area contributed by atoms with Crippen LogP contribution in [0.4, 0.5) is 0 Å². The minimum Gasteiger partial charge on any atom is -0.396 e. The van der Waals surface area contributed by atoms with E-state index in [1.54, 1.807) is 0 Å².